The van der Waals surface area contributed by atoms with E-state index in [1.807, 2.05) is 0 Å². The highest BCUT2D eigenvalue weighted by atomic mass is 28.2. The van der Waals surface area contributed by atoms with E-state index in [4.69, 9.17) is 5.11 Å². The third-order valence-electron chi connectivity index (χ3n) is 3.04. The first-order valence-corrected chi connectivity index (χ1v) is 6.98. The molecule has 1 N–H and O–H groups in total. The molecule has 0 aromatic heterocycles. The highest BCUT2D eigenvalue weighted by Gasteiger charge is 2.25. The first-order chi connectivity index (χ1) is 6.74. The van der Waals surface area contributed by atoms with Crippen LogP contribution in [-0.2, 0) is 4.79 Å². The predicted octanol–water partition coefficient (Wildman–Crippen LogP) is 2.97. The van der Waals surface area contributed by atoms with Crippen LogP contribution >= 0.6 is 0 Å². The van der Waals surface area contributed by atoms with Crippen molar-refractivity contribution in [2.45, 2.75) is 57.0 Å². The smallest absolute Gasteiger partial charge is 0.306 e. The lowest BCUT2D eigenvalue weighted by atomic mass is 9.89. The Morgan fingerprint density at radius 1 is 1.36 bits per heavy atom. The van der Waals surface area contributed by atoms with E-state index in [9.17, 15) is 4.79 Å². The molecule has 0 aromatic rings. The van der Waals surface area contributed by atoms with Crippen LogP contribution in [0.4, 0.5) is 0 Å². The Bertz CT molecular complexity index is 174. The summed E-state index contributed by atoms with van der Waals surface area (Å²) in [5.74, 6) is -0.623. The second-order valence-electron chi connectivity index (χ2n) is 4.19. The molecule has 14 heavy (non-hydrogen) atoms. The maximum Gasteiger partial charge on any atom is 0.306 e. The lowest BCUT2D eigenvalue weighted by molar-refractivity contribution is -0.142. The molecule has 80 valence electrons. The maximum atomic E-state index is 10.7. The van der Waals surface area contributed by atoms with Gasteiger partial charge in [-0.3, -0.25) is 4.79 Å². The molecule has 0 saturated heterocycles. The Labute approximate surface area is 88.9 Å². The van der Waals surface area contributed by atoms with Gasteiger partial charge in [-0.1, -0.05) is 38.7 Å². The van der Waals surface area contributed by atoms with Gasteiger partial charge >= 0.3 is 5.97 Å². The molecule has 1 rings (SSSR count). The van der Waals surface area contributed by atoms with Crippen molar-refractivity contribution < 1.29 is 9.90 Å². The number of hydrogen-bond donors (Lipinski definition) is 1. The second-order valence-corrected chi connectivity index (χ2v) is 5.92. The van der Waals surface area contributed by atoms with Crippen LogP contribution in [0, 0.1) is 5.92 Å². The summed E-state index contributed by atoms with van der Waals surface area (Å²) in [7, 11) is 1.08. The summed E-state index contributed by atoms with van der Waals surface area (Å²) in [6.45, 7) is 2.23. The van der Waals surface area contributed by atoms with E-state index in [-0.39, 0.29) is 5.92 Å². The summed E-state index contributed by atoms with van der Waals surface area (Å²) in [6, 6.07) is 1.36. The zero-order valence-electron chi connectivity index (χ0n) is 8.96. The first-order valence-electron chi connectivity index (χ1n) is 5.70. The molecule has 0 bridgehead atoms. The van der Waals surface area contributed by atoms with E-state index in [0.29, 0.717) is 0 Å². The van der Waals surface area contributed by atoms with Gasteiger partial charge in [0.15, 0.2) is 0 Å². The standard InChI is InChI=1S/C11H20O2Si/c1-2-3-8-14-10-6-4-9(5-7-10)11(12)13/h9-10H,2-8H2,1H3,(H,12,13). The molecule has 0 spiro atoms. The van der Waals surface area contributed by atoms with E-state index >= 15 is 0 Å². The van der Waals surface area contributed by atoms with Crippen molar-refractivity contribution in [1.82, 2.24) is 0 Å². The van der Waals surface area contributed by atoms with E-state index in [1.54, 1.807) is 0 Å². The van der Waals surface area contributed by atoms with Crippen molar-refractivity contribution in [3.8, 4) is 0 Å². The van der Waals surface area contributed by atoms with Crippen molar-refractivity contribution in [2.24, 2.45) is 5.92 Å². The molecule has 3 heteroatoms. The Hall–Kier alpha value is -0.313. The topological polar surface area (TPSA) is 37.3 Å². The largest absolute Gasteiger partial charge is 0.481 e. The van der Waals surface area contributed by atoms with Crippen LogP contribution in [0.25, 0.3) is 0 Å². The molecule has 1 fully saturated rings. The molecule has 0 aromatic carbocycles. The van der Waals surface area contributed by atoms with Crippen molar-refractivity contribution >= 4 is 15.5 Å². The second kappa shape index (κ2) is 6.22. The molecule has 2 radical (unpaired) electrons. The summed E-state index contributed by atoms with van der Waals surface area (Å²) in [4.78, 5) is 10.7. The van der Waals surface area contributed by atoms with Gasteiger partial charge in [-0.15, -0.1) is 0 Å². The van der Waals surface area contributed by atoms with Gasteiger partial charge in [0.25, 0.3) is 0 Å². The lowest BCUT2D eigenvalue weighted by Crippen LogP contribution is -2.21. The number of carboxylic acid groups (broad SMARTS) is 1. The monoisotopic (exact) mass is 212 g/mol. The maximum absolute atomic E-state index is 10.7. The quantitative estimate of drug-likeness (QED) is 0.562. The average molecular weight is 212 g/mol. The van der Waals surface area contributed by atoms with Crippen LogP contribution in [0.15, 0.2) is 0 Å². The van der Waals surface area contributed by atoms with Crippen molar-refractivity contribution in [3.05, 3.63) is 0 Å². The van der Waals surface area contributed by atoms with Crippen LogP contribution in [0.2, 0.25) is 11.6 Å². The van der Waals surface area contributed by atoms with Crippen molar-refractivity contribution in [2.75, 3.05) is 0 Å². The van der Waals surface area contributed by atoms with Gasteiger partial charge in [0.1, 0.15) is 0 Å². The summed E-state index contributed by atoms with van der Waals surface area (Å²) in [6.07, 6.45) is 6.77. The fourth-order valence-electron chi connectivity index (χ4n) is 2.03. The normalized spacial score (nSPS) is 27.5. The molecular weight excluding hydrogens is 192 g/mol. The summed E-state index contributed by atoms with van der Waals surface area (Å²) < 4.78 is 0. The van der Waals surface area contributed by atoms with Gasteiger partial charge in [-0.05, 0) is 18.4 Å². The Kier molecular flexibility index (Phi) is 5.23. The van der Waals surface area contributed by atoms with Crippen molar-refractivity contribution in [3.63, 3.8) is 0 Å². The molecular formula is C11H20O2Si. The Morgan fingerprint density at radius 2 is 2.00 bits per heavy atom. The highest BCUT2D eigenvalue weighted by Crippen LogP contribution is 2.32. The minimum Gasteiger partial charge on any atom is -0.481 e. The van der Waals surface area contributed by atoms with Gasteiger partial charge in [0.2, 0.25) is 0 Å². The third kappa shape index (κ3) is 3.82. The number of carbonyl (C=O) groups is 1. The molecule has 0 atom stereocenters. The average Bonchev–Trinajstić information content (AvgIpc) is 2.19. The van der Waals surface area contributed by atoms with E-state index in [0.717, 1.165) is 40.7 Å². The molecule has 2 nitrogen and oxygen atoms in total. The number of unbranched alkanes of at least 4 members (excludes halogenated alkanes) is 1. The van der Waals surface area contributed by atoms with Crippen LogP contribution in [0.3, 0.4) is 0 Å². The predicted molar refractivity (Wildman–Crippen MR) is 58.8 cm³/mol. The minimum atomic E-state index is -0.583. The number of carboxylic acids is 1. The fraction of sp³-hybridized carbons (Fsp3) is 0.909. The fourth-order valence-corrected chi connectivity index (χ4v) is 3.73. The lowest BCUT2D eigenvalue weighted by Gasteiger charge is -2.25. The number of rotatable bonds is 5. The van der Waals surface area contributed by atoms with E-state index in [1.165, 1.54) is 18.9 Å². The number of aliphatic carboxylic acids is 1. The Morgan fingerprint density at radius 3 is 2.50 bits per heavy atom. The Balaban J connectivity index is 2.12. The molecule has 1 aliphatic rings. The zero-order chi connectivity index (χ0) is 10.4. The van der Waals surface area contributed by atoms with E-state index in [2.05, 4.69) is 6.92 Å². The van der Waals surface area contributed by atoms with Crippen LogP contribution < -0.4 is 0 Å². The van der Waals surface area contributed by atoms with Gasteiger partial charge in [-0.2, -0.15) is 0 Å². The zero-order valence-corrected chi connectivity index (χ0v) is 9.96. The SMILES string of the molecule is CCCC[Si]C1CCC(C(=O)O)CC1. The molecule has 0 amide bonds. The summed E-state index contributed by atoms with van der Waals surface area (Å²) in [5.41, 5.74) is 0.845. The molecule has 0 heterocycles. The van der Waals surface area contributed by atoms with Gasteiger partial charge < -0.3 is 5.11 Å². The molecule has 0 aliphatic heterocycles. The first kappa shape index (κ1) is 11.8. The van der Waals surface area contributed by atoms with Crippen molar-refractivity contribution in [1.29, 1.82) is 0 Å². The van der Waals surface area contributed by atoms with Crippen LogP contribution in [0.1, 0.15) is 45.4 Å². The summed E-state index contributed by atoms with van der Waals surface area (Å²) >= 11 is 0. The van der Waals surface area contributed by atoms with Gasteiger partial charge in [0.05, 0.1) is 5.92 Å². The van der Waals surface area contributed by atoms with Gasteiger partial charge in [0, 0.05) is 9.52 Å². The van der Waals surface area contributed by atoms with Crippen LogP contribution in [-0.4, -0.2) is 20.6 Å². The van der Waals surface area contributed by atoms with E-state index < -0.39 is 5.97 Å². The van der Waals surface area contributed by atoms with Crippen LogP contribution in [0.5, 0.6) is 0 Å². The third-order valence-corrected chi connectivity index (χ3v) is 4.84. The molecule has 1 saturated carbocycles. The summed E-state index contributed by atoms with van der Waals surface area (Å²) in [5, 5.41) is 8.84. The highest BCUT2D eigenvalue weighted by molar-refractivity contribution is 6.37. The number of hydrogen-bond acceptors (Lipinski definition) is 1. The molecule has 0 unspecified atom stereocenters. The minimum absolute atomic E-state index is 0.0396. The van der Waals surface area contributed by atoms with Gasteiger partial charge in [-0.25, -0.2) is 0 Å². The molecule has 1 aliphatic carbocycles.